The number of benzene rings is 1. The van der Waals surface area contributed by atoms with Crippen LogP contribution in [-0.2, 0) is 0 Å². The maximum Gasteiger partial charge on any atom is 0.138 e. The Hall–Kier alpha value is -1.32. The van der Waals surface area contributed by atoms with Gasteiger partial charge in [0.1, 0.15) is 11.0 Å². The lowest BCUT2D eigenvalue weighted by Gasteiger charge is -2.25. The summed E-state index contributed by atoms with van der Waals surface area (Å²) in [5.74, 6) is 0.898. The maximum absolute atomic E-state index is 9.44. The number of rotatable bonds is 2. The Morgan fingerprint density at radius 3 is 3.06 bits per heavy atom. The molecule has 1 N–H and O–H groups in total. The van der Waals surface area contributed by atoms with Crippen LogP contribution >= 0.6 is 11.6 Å². The van der Waals surface area contributed by atoms with E-state index >= 15 is 0 Å². The smallest absolute Gasteiger partial charge is 0.138 e. The van der Waals surface area contributed by atoms with E-state index in [-0.39, 0.29) is 12.6 Å². The number of aromatic nitrogens is 1. The van der Waals surface area contributed by atoms with E-state index in [1.54, 1.807) is 0 Å². The topological polar surface area (TPSA) is 36.4 Å². The summed E-state index contributed by atoms with van der Waals surface area (Å²) in [5, 5.41) is 12.1. The van der Waals surface area contributed by atoms with Gasteiger partial charge in [0.2, 0.25) is 0 Å². The number of hydrogen-bond donors (Lipinski definition) is 1. The number of pyridine rings is 1. The second-order valence-electron chi connectivity index (χ2n) is 4.66. The lowest BCUT2D eigenvalue weighted by atomic mass is 10.1. The first-order valence-electron chi connectivity index (χ1n) is 6.22. The van der Waals surface area contributed by atoms with Gasteiger partial charge < -0.3 is 10.0 Å². The highest BCUT2D eigenvalue weighted by Crippen LogP contribution is 2.32. The predicted molar refractivity (Wildman–Crippen MR) is 74.2 cm³/mol. The van der Waals surface area contributed by atoms with E-state index in [4.69, 9.17) is 11.6 Å². The molecular weight excluding hydrogens is 248 g/mol. The third-order valence-electron chi connectivity index (χ3n) is 3.55. The van der Waals surface area contributed by atoms with Crippen LogP contribution in [0.4, 0.5) is 5.82 Å². The molecule has 1 aliphatic rings. The van der Waals surface area contributed by atoms with Gasteiger partial charge in [-0.3, -0.25) is 0 Å². The van der Waals surface area contributed by atoms with Crippen LogP contribution < -0.4 is 4.90 Å². The van der Waals surface area contributed by atoms with Gasteiger partial charge in [-0.25, -0.2) is 4.98 Å². The van der Waals surface area contributed by atoms with Gasteiger partial charge >= 0.3 is 0 Å². The Balaban J connectivity index is 2.15. The summed E-state index contributed by atoms with van der Waals surface area (Å²) in [6.07, 6.45) is 2.10. The third kappa shape index (κ3) is 1.93. The zero-order valence-electron chi connectivity index (χ0n) is 10.0. The highest BCUT2D eigenvalue weighted by atomic mass is 35.5. The van der Waals surface area contributed by atoms with E-state index in [2.05, 4.69) is 16.0 Å². The highest BCUT2D eigenvalue weighted by Gasteiger charge is 2.26. The van der Waals surface area contributed by atoms with Crippen LogP contribution in [0.2, 0.25) is 5.15 Å². The minimum atomic E-state index is 0.166. The van der Waals surface area contributed by atoms with E-state index < -0.39 is 0 Å². The van der Waals surface area contributed by atoms with Crippen molar-refractivity contribution in [1.29, 1.82) is 0 Å². The molecule has 0 radical (unpaired) electrons. The molecule has 1 aromatic heterocycles. The van der Waals surface area contributed by atoms with E-state index in [0.29, 0.717) is 5.15 Å². The third-order valence-corrected chi connectivity index (χ3v) is 3.74. The van der Waals surface area contributed by atoms with Gasteiger partial charge in [-0.15, -0.1) is 0 Å². The molecular formula is C14H15ClN2O. The Labute approximate surface area is 111 Å². The minimum absolute atomic E-state index is 0.166. The summed E-state index contributed by atoms with van der Waals surface area (Å²) >= 11 is 6.09. The first-order chi connectivity index (χ1) is 8.79. The van der Waals surface area contributed by atoms with E-state index in [9.17, 15) is 5.11 Å². The molecule has 1 fully saturated rings. The SMILES string of the molecule is OC[C@H]1CCCN1c1nc(Cl)cc2ccccc12. The minimum Gasteiger partial charge on any atom is -0.394 e. The van der Waals surface area contributed by atoms with Crippen molar-refractivity contribution in [1.82, 2.24) is 4.98 Å². The van der Waals surface area contributed by atoms with Gasteiger partial charge in [-0.1, -0.05) is 35.9 Å². The molecule has 2 aromatic rings. The molecule has 3 rings (SSSR count). The van der Waals surface area contributed by atoms with Crippen LogP contribution in [0.15, 0.2) is 30.3 Å². The summed E-state index contributed by atoms with van der Waals surface area (Å²) in [6.45, 7) is 1.10. The summed E-state index contributed by atoms with van der Waals surface area (Å²) < 4.78 is 0. The maximum atomic E-state index is 9.44. The molecule has 0 spiro atoms. The molecule has 3 nitrogen and oxygen atoms in total. The van der Waals surface area contributed by atoms with E-state index in [1.165, 1.54) is 0 Å². The van der Waals surface area contributed by atoms with Crippen molar-refractivity contribution in [3.63, 3.8) is 0 Å². The molecule has 0 saturated carbocycles. The fraction of sp³-hybridized carbons (Fsp3) is 0.357. The molecule has 4 heteroatoms. The number of nitrogens with zero attached hydrogens (tertiary/aromatic N) is 2. The van der Waals surface area contributed by atoms with Crippen molar-refractivity contribution < 1.29 is 5.11 Å². The van der Waals surface area contributed by atoms with E-state index in [1.807, 2.05) is 24.3 Å². The second-order valence-corrected chi connectivity index (χ2v) is 5.05. The second kappa shape index (κ2) is 4.75. The number of fused-ring (bicyclic) bond motifs is 1. The quantitative estimate of drug-likeness (QED) is 0.846. The summed E-state index contributed by atoms with van der Waals surface area (Å²) in [6, 6.07) is 10.1. The molecule has 1 aromatic carbocycles. The van der Waals surface area contributed by atoms with Crippen LogP contribution in [0.5, 0.6) is 0 Å². The lowest BCUT2D eigenvalue weighted by molar-refractivity contribution is 0.266. The van der Waals surface area contributed by atoms with Gasteiger partial charge in [-0.05, 0) is 24.3 Å². The van der Waals surface area contributed by atoms with Crippen molar-refractivity contribution in [3.8, 4) is 0 Å². The standard InChI is InChI=1S/C14H15ClN2O/c15-13-8-10-4-1-2-6-12(10)14(16-13)17-7-3-5-11(17)9-18/h1-2,4,6,8,11,18H,3,5,7,9H2/t11-/m1/s1. The number of hydrogen-bond acceptors (Lipinski definition) is 3. The average molecular weight is 263 g/mol. The highest BCUT2D eigenvalue weighted by molar-refractivity contribution is 6.30. The zero-order chi connectivity index (χ0) is 12.5. The van der Waals surface area contributed by atoms with Gasteiger partial charge in [-0.2, -0.15) is 0 Å². The molecule has 94 valence electrons. The number of anilines is 1. The first-order valence-corrected chi connectivity index (χ1v) is 6.60. The molecule has 0 amide bonds. The number of aliphatic hydroxyl groups excluding tert-OH is 1. The summed E-state index contributed by atoms with van der Waals surface area (Å²) in [5.41, 5.74) is 0. The Morgan fingerprint density at radius 1 is 1.39 bits per heavy atom. The first kappa shape index (κ1) is 11.8. The molecule has 2 heterocycles. The number of halogens is 1. The van der Waals surface area contributed by atoms with Gasteiger partial charge in [0.05, 0.1) is 12.6 Å². The zero-order valence-corrected chi connectivity index (χ0v) is 10.8. The normalized spacial score (nSPS) is 19.7. The van der Waals surface area contributed by atoms with Crippen LogP contribution in [0.3, 0.4) is 0 Å². The van der Waals surface area contributed by atoms with Crippen molar-refractivity contribution in [2.24, 2.45) is 0 Å². The fourth-order valence-corrected chi connectivity index (χ4v) is 2.87. The van der Waals surface area contributed by atoms with Crippen molar-refractivity contribution in [3.05, 3.63) is 35.5 Å². The van der Waals surface area contributed by atoms with Gasteiger partial charge in [0, 0.05) is 11.9 Å². The predicted octanol–water partition coefficient (Wildman–Crippen LogP) is 2.85. The summed E-state index contributed by atoms with van der Waals surface area (Å²) in [7, 11) is 0. The Morgan fingerprint density at radius 2 is 2.22 bits per heavy atom. The van der Waals surface area contributed by atoms with Crippen LogP contribution in [-0.4, -0.2) is 29.3 Å². The molecule has 0 bridgehead atoms. The number of aliphatic hydroxyl groups is 1. The van der Waals surface area contributed by atoms with Gasteiger partial charge in [0.25, 0.3) is 0 Å². The van der Waals surface area contributed by atoms with E-state index in [0.717, 1.165) is 36.0 Å². The monoisotopic (exact) mass is 262 g/mol. The molecule has 1 atom stereocenters. The lowest BCUT2D eigenvalue weighted by Crippen LogP contribution is -2.32. The van der Waals surface area contributed by atoms with Crippen molar-refractivity contribution in [2.75, 3.05) is 18.1 Å². The molecule has 1 aliphatic heterocycles. The molecule has 1 saturated heterocycles. The molecule has 18 heavy (non-hydrogen) atoms. The van der Waals surface area contributed by atoms with Crippen molar-refractivity contribution >= 4 is 28.2 Å². The Bertz CT molecular complexity index is 573. The fourth-order valence-electron chi connectivity index (χ4n) is 2.67. The van der Waals surface area contributed by atoms with Crippen molar-refractivity contribution in [2.45, 2.75) is 18.9 Å². The Kier molecular flexibility index (Phi) is 3.10. The average Bonchev–Trinajstić information content (AvgIpc) is 2.85. The summed E-state index contributed by atoms with van der Waals surface area (Å²) in [4.78, 5) is 6.64. The molecule has 0 aliphatic carbocycles. The van der Waals surface area contributed by atoms with Crippen LogP contribution in [0.25, 0.3) is 10.8 Å². The van der Waals surface area contributed by atoms with Crippen LogP contribution in [0, 0.1) is 0 Å². The largest absolute Gasteiger partial charge is 0.394 e. The van der Waals surface area contributed by atoms with Gasteiger partial charge in [0.15, 0.2) is 0 Å². The van der Waals surface area contributed by atoms with Crippen LogP contribution in [0.1, 0.15) is 12.8 Å². The molecule has 0 unspecified atom stereocenters.